The number of hydrogen-bond acceptors (Lipinski definition) is 2. The Morgan fingerprint density at radius 2 is 1.62 bits per heavy atom. The average molecular weight is 233 g/mol. The Morgan fingerprint density at radius 3 is 2.25 bits per heavy atom. The predicted octanol–water partition coefficient (Wildman–Crippen LogP) is 2.46. The first-order valence-corrected chi connectivity index (χ1v) is 6.39. The molecule has 0 spiro atoms. The third-order valence-corrected chi connectivity index (χ3v) is 3.90. The Morgan fingerprint density at radius 1 is 1.00 bits per heavy atom. The summed E-state index contributed by atoms with van der Waals surface area (Å²) in [6.45, 7) is 0. The summed E-state index contributed by atoms with van der Waals surface area (Å²) < 4.78 is 25.9. The molecule has 16 heavy (non-hydrogen) atoms. The number of halogens is 2. The Bertz CT molecular complexity index is 225. The molecule has 0 radical (unpaired) electrons. The molecule has 0 heterocycles. The first kappa shape index (κ1) is 12.2. The van der Waals surface area contributed by atoms with Crippen molar-refractivity contribution in [3.05, 3.63) is 0 Å². The Balaban J connectivity index is 1.77. The van der Waals surface area contributed by atoms with Gasteiger partial charge in [0.15, 0.2) is 0 Å². The van der Waals surface area contributed by atoms with Gasteiger partial charge in [0.25, 0.3) is 0 Å². The molecule has 2 fully saturated rings. The SMILES string of the molecule is OC1CCCCC1NC1CCC(F)(F)CC1. The van der Waals surface area contributed by atoms with Crippen molar-refractivity contribution in [3.8, 4) is 0 Å². The monoisotopic (exact) mass is 233 g/mol. The van der Waals surface area contributed by atoms with Crippen molar-refractivity contribution < 1.29 is 13.9 Å². The Kier molecular flexibility index (Phi) is 3.80. The van der Waals surface area contributed by atoms with E-state index in [0.29, 0.717) is 12.8 Å². The highest BCUT2D eigenvalue weighted by Gasteiger charge is 2.36. The maximum absolute atomic E-state index is 13.0. The third kappa shape index (κ3) is 3.14. The highest BCUT2D eigenvalue weighted by atomic mass is 19.3. The van der Waals surface area contributed by atoms with Crippen LogP contribution in [0.1, 0.15) is 51.4 Å². The highest BCUT2D eigenvalue weighted by molar-refractivity contribution is 4.87. The van der Waals surface area contributed by atoms with Crippen molar-refractivity contribution >= 4 is 0 Å². The van der Waals surface area contributed by atoms with E-state index < -0.39 is 5.92 Å². The molecule has 2 unspecified atom stereocenters. The van der Waals surface area contributed by atoms with E-state index in [1.165, 1.54) is 0 Å². The Hall–Kier alpha value is -0.220. The maximum atomic E-state index is 13.0. The molecule has 0 aromatic carbocycles. The van der Waals surface area contributed by atoms with Crippen LogP contribution in [0.25, 0.3) is 0 Å². The molecular weight excluding hydrogens is 212 g/mol. The van der Waals surface area contributed by atoms with E-state index in [0.717, 1.165) is 25.7 Å². The van der Waals surface area contributed by atoms with E-state index in [4.69, 9.17) is 0 Å². The van der Waals surface area contributed by atoms with Crippen LogP contribution in [0.3, 0.4) is 0 Å². The number of nitrogens with one attached hydrogen (secondary N) is 1. The van der Waals surface area contributed by atoms with Crippen molar-refractivity contribution in [1.29, 1.82) is 0 Å². The summed E-state index contributed by atoms with van der Waals surface area (Å²) >= 11 is 0. The van der Waals surface area contributed by atoms with Crippen LogP contribution in [0.4, 0.5) is 8.78 Å². The normalized spacial score (nSPS) is 36.2. The number of hydrogen-bond donors (Lipinski definition) is 2. The van der Waals surface area contributed by atoms with Gasteiger partial charge in [0.1, 0.15) is 0 Å². The molecule has 0 saturated heterocycles. The number of rotatable bonds is 2. The Labute approximate surface area is 95.4 Å². The van der Waals surface area contributed by atoms with Gasteiger partial charge in [0, 0.05) is 24.9 Å². The standard InChI is InChI=1S/C12H21F2NO/c13-12(14)7-5-9(6-8-12)15-10-3-1-2-4-11(10)16/h9-11,15-16H,1-8H2. The molecular formula is C12H21F2NO. The molecule has 2 rings (SSSR count). The van der Waals surface area contributed by atoms with Gasteiger partial charge in [0.2, 0.25) is 5.92 Å². The lowest BCUT2D eigenvalue weighted by Gasteiger charge is -2.35. The van der Waals surface area contributed by atoms with E-state index in [1.807, 2.05) is 0 Å². The highest BCUT2D eigenvalue weighted by Crippen LogP contribution is 2.33. The zero-order valence-electron chi connectivity index (χ0n) is 9.59. The van der Waals surface area contributed by atoms with Crippen LogP contribution in [-0.4, -0.2) is 29.2 Å². The third-order valence-electron chi connectivity index (χ3n) is 3.90. The van der Waals surface area contributed by atoms with Gasteiger partial charge in [-0.1, -0.05) is 12.8 Å². The first-order chi connectivity index (χ1) is 7.57. The smallest absolute Gasteiger partial charge is 0.248 e. The molecule has 0 bridgehead atoms. The molecule has 0 aromatic heterocycles. The van der Waals surface area contributed by atoms with Gasteiger partial charge in [-0.3, -0.25) is 0 Å². The second-order valence-corrected chi connectivity index (χ2v) is 5.26. The van der Waals surface area contributed by atoms with E-state index in [1.54, 1.807) is 0 Å². The van der Waals surface area contributed by atoms with Crippen LogP contribution in [0.2, 0.25) is 0 Å². The molecule has 94 valence electrons. The summed E-state index contributed by atoms with van der Waals surface area (Å²) in [5.74, 6) is -2.45. The molecule has 0 aliphatic heterocycles. The second kappa shape index (κ2) is 4.96. The van der Waals surface area contributed by atoms with Crippen molar-refractivity contribution in [1.82, 2.24) is 5.32 Å². The lowest BCUT2D eigenvalue weighted by atomic mass is 9.88. The summed E-state index contributed by atoms with van der Waals surface area (Å²) in [6.07, 6.45) is 4.83. The zero-order valence-corrected chi connectivity index (χ0v) is 9.59. The van der Waals surface area contributed by atoms with E-state index >= 15 is 0 Å². The van der Waals surface area contributed by atoms with Crippen LogP contribution in [0.5, 0.6) is 0 Å². The quantitative estimate of drug-likeness (QED) is 0.768. The topological polar surface area (TPSA) is 32.3 Å². The molecule has 0 amide bonds. The average Bonchev–Trinajstić information content (AvgIpc) is 2.24. The van der Waals surface area contributed by atoms with Crippen LogP contribution in [-0.2, 0) is 0 Å². The second-order valence-electron chi connectivity index (χ2n) is 5.26. The summed E-state index contributed by atoms with van der Waals surface area (Å²) in [6, 6.07) is 0.308. The summed E-state index contributed by atoms with van der Waals surface area (Å²) in [5, 5.41) is 13.2. The van der Waals surface area contributed by atoms with Crippen LogP contribution in [0.15, 0.2) is 0 Å². The summed E-state index contributed by atoms with van der Waals surface area (Å²) in [4.78, 5) is 0. The fraction of sp³-hybridized carbons (Fsp3) is 1.00. The lowest BCUT2D eigenvalue weighted by molar-refractivity contribution is -0.0434. The molecule has 2 atom stereocenters. The van der Waals surface area contributed by atoms with Gasteiger partial charge in [-0.2, -0.15) is 0 Å². The van der Waals surface area contributed by atoms with Crippen molar-refractivity contribution in [3.63, 3.8) is 0 Å². The van der Waals surface area contributed by atoms with Crippen molar-refractivity contribution in [2.45, 2.75) is 75.5 Å². The maximum Gasteiger partial charge on any atom is 0.248 e. The molecule has 2 N–H and O–H groups in total. The van der Waals surface area contributed by atoms with Gasteiger partial charge in [-0.25, -0.2) is 8.78 Å². The predicted molar refractivity (Wildman–Crippen MR) is 58.6 cm³/mol. The zero-order chi connectivity index (χ0) is 11.6. The van der Waals surface area contributed by atoms with Gasteiger partial charge in [-0.05, 0) is 25.7 Å². The van der Waals surface area contributed by atoms with Crippen LogP contribution < -0.4 is 5.32 Å². The minimum atomic E-state index is -2.45. The van der Waals surface area contributed by atoms with Gasteiger partial charge < -0.3 is 10.4 Å². The fourth-order valence-corrected chi connectivity index (χ4v) is 2.82. The molecule has 2 saturated carbocycles. The van der Waals surface area contributed by atoms with E-state index in [2.05, 4.69) is 5.32 Å². The first-order valence-electron chi connectivity index (χ1n) is 6.39. The molecule has 4 heteroatoms. The molecule has 2 nitrogen and oxygen atoms in total. The van der Waals surface area contributed by atoms with Crippen LogP contribution in [0, 0.1) is 0 Å². The van der Waals surface area contributed by atoms with Crippen molar-refractivity contribution in [2.24, 2.45) is 0 Å². The van der Waals surface area contributed by atoms with Crippen LogP contribution >= 0.6 is 0 Å². The summed E-state index contributed by atoms with van der Waals surface area (Å²) in [5.41, 5.74) is 0. The summed E-state index contributed by atoms with van der Waals surface area (Å²) in [7, 11) is 0. The van der Waals surface area contributed by atoms with Gasteiger partial charge in [0.05, 0.1) is 6.10 Å². The fourth-order valence-electron chi connectivity index (χ4n) is 2.82. The largest absolute Gasteiger partial charge is 0.392 e. The van der Waals surface area contributed by atoms with Crippen molar-refractivity contribution in [2.75, 3.05) is 0 Å². The number of alkyl halides is 2. The lowest BCUT2D eigenvalue weighted by Crippen LogP contribution is -2.49. The molecule has 2 aliphatic carbocycles. The number of aliphatic hydroxyl groups is 1. The number of aliphatic hydroxyl groups excluding tert-OH is 1. The van der Waals surface area contributed by atoms with E-state index in [9.17, 15) is 13.9 Å². The van der Waals surface area contributed by atoms with Gasteiger partial charge >= 0.3 is 0 Å². The minimum absolute atomic E-state index is 0.00647. The van der Waals surface area contributed by atoms with Gasteiger partial charge in [-0.15, -0.1) is 0 Å². The minimum Gasteiger partial charge on any atom is -0.392 e. The van der Waals surface area contributed by atoms with E-state index in [-0.39, 0.29) is 31.0 Å². The molecule has 2 aliphatic rings. The molecule has 0 aromatic rings.